The fraction of sp³-hybridized carbons (Fsp3) is 0.765. The fourth-order valence-corrected chi connectivity index (χ4v) is 3.72. The van der Waals surface area contributed by atoms with Crippen LogP contribution in [0.15, 0.2) is 0 Å². The third-order valence-corrected chi connectivity index (χ3v) is 4.65. The molecular formula is C17H29N3. The lowest BCUT2D eigenvalue weighted by molar-refractivity contribution is 0.334. The van der Waals surface area contributed by atoms with Gasteiger partial charge in [0.2, 0.25) is 0 Å². The Morgan fingerprint density at radius 2 is 1.85 bits per heavy atom. The largest absolute Gasteiger partial charge is 0.319 e. The summed E-state index contributed by atoms with van der Waals surface area (Å²) in [7, 11) is 2.00. The number of rotatable bonds is 4. The van der Waals surface area contributed by atoms with Crippen molar-refractivity contribution in [2.45, 2.75) is 65.2 Å². The smallest absolute Gasteiger partial charge is 0.131 e. The predicted molar refractivity (Wildman–Crippen MR) is 84.2 cm³/mol. The van der Waals surface area contributed by atoms with Crippen molar-refractivity contribution in [2.75, 3.05) is 13.6 Å². The molecule has 2 rings (SSSR count). The van der Waals surface area contributed by atoms with Crippen molar-refractivity contribution in [3.63, 3.8) is 0 Å². The van der Waals surface area contributed by atoms with Crippen molar-refractivity contribution in [3.8, 4) is 0 Å². The van der Waals surface area contributed by atoms with E-state index in [1.807, 2.05) is 7.05 Å². The van der Waals surface area contributed by atoms with Crippen molar-refractivity contribution in [2.24, 2.45) is 5.92 Å². The molecule has 1 aliphatic rings. The standard InChI is InChI=1S/C17H29N3/c1-11-7-6-8-15(9-11)17-19-13(3)16(14(4)20-17)12(2)10-18-5/h11-12,15,18H,6-10H2,1-5H3. The zero-order chi connectivity index (χ0) is 14.7. The maximum atomic E-state index is 4.86. The molecular weight excluding hydrogens is 246 g/mol. The molecule has 1 saturated carbocycles. The van der Waals surface area contributed by atoms with Crippen LogP contribution in [-0.4, -0.2) is 23.6 Å². The zero-order valence-electron chi connectivity index (χ0n) is 13.7. The highest BCUT2D eigenvalue weighted by molar-refractivity contribution is 5.29. The topological polar surface area (TPSA) is 37.8 Å². The third kappa shape index (κ3) is 3.38. The second-order valence-corrected chi connectivity index (χ2v) is 6.59. The molecule has 1 N–H and O–H groups in total. The van der Waals surface area contributed by atoms with Crippen LogP contribution in [0.1, 0.15) is 74.1 Å². The summed E-state index contributed by atoms with van der Waals surface area (Å²) in [6.45, 7) is 9.87. The second kappa shape index (κ2) is 6.66. The number of hydrogen-bond donors (Lipinski definition) is 1. The highest BCUT2D eigenvalue weighted by Crippen LogP contribution is 2.35. The van der Waals surface area contributed by atoms with Crippen LogP contribution in [0.4, 0.5) is 0 Å². The highest BCUT2D eigenvalue weighted by Gasteiger charge is 2.24. The summed E-state index contributed by atoms with van der Waals surface area (Å²) >= 11 is 0. The molecule has 1 heterocycles. The Morgan fingerprint density at radius 3 is 2.40 bits per heavy atom. The summed E-state index contributed by atoms with van der Waals surface area (Å²) in [5.74, 6) is 2.96. The van der Waals surface area contributed by atoms with Gasteiger partial charge in [-0.15, -0.1) is 0 Å². The highest BCUT2D eigenvalue weighted by atomic mass is 14.9. The van der Waals surface area contributed by atoms with Crippen LogP contribution in [0.25, 0.3) is 0 Å². The molecule has 0 spiro atoms. The molecule has 3 unspecified atom stereocenters. The van der Waals surface area contributed by atoms with Gasteiger partial charge in [0, 0.05) is 23.9 Å². The fourth-order valence-electron chi connectivity index (χ4n) is 3.72. The summed E-state index contributed by atoms with van der Waals surface area (Å²) in [6.07, 6.45) is 5.20. The molecule has 3 heteroatoms. The van der Waals surface area contributed by atoms with Gasteiger partial charge in [0.25, 0.3) is 0 Å². The van der Waals surface area contributed by atoms with Gasteiger partial charge in [-0.2, -0.15) is 0 Å². The van der Waals surface area contributed by atoms with Gasteiger partial charge in [0.1, 0.15) is 5.82 Å². The molecule has 0 radical (unpaired) electrons. The van der Waals surface area contributed by atoms with Crippen LogP contribution >= 0.6 is 0 Å². The second-order valence-electron chi connectivity index (χ2n) is 6.59. The first kappa shape index (κ1) is 15.4. The van der Waals surface area contributed by atoms with Gasteiger partial charge in [0.15, 0.2) is 0 Å². The number of nitrogens with zero attached hydrogens (tertiary/aromatic N) is 2. The Balaban J connectivity index is 2.25. The molecule has 1 fully saturated rings. The third-order valence-electron chi connectivity index (χ3n) is 4.65. The Labute approximate surface area is 123 Å². The molecule has 112 valence electrons. The molecule has 3 atom stereocenters. The maximum absolute atomic E-state index is 4.86. The van der Waals surface area contributed by atoms with Gasteiger partial charge >= 0.3 is 0 Å². The molecule has 1 aromatic heterocycles. The van der Waals surface area contributed by atoms with Crippen molar-refractivity contribution in [1.82, 2.24) is 15.3 Å². The molecule has 0 saturated heterocycles. The number of aromatic nitrogens is 2. The van der Waals surface area contributed by atoms with E-state index in [4.69, 9.17) is 9.97 Å². The molecule has 20 heavy (non-hydrogen) atoms. The van der Waals surface area contributed by atoms with Gasteiger partial charge in [0.05, 0.1) is 0 Å². The van der Waals surface area contributed by atoms with E-state index in [0.29, 0.717) is 11.8 Å². The predicted octanol–water partition coefficient (Wildman–Crippen LogP) is 3.71. The van der Waals surface area contributed by atoms with Gasteiger partial charge in [-0.05, 0) is 51.1 Å². The van der Waals surface area contributed by atoms with Crippen LogP contribution in [-0.2, 0) is 0 Å². The summed E-state index contributed by atoms with van der Waals surface area (Å²) in [4.78, 5) is 9.71. The van der Waals surface area contributed by atoms with E-state index in [2.05, 4.69) is 33.0 Å². The van der Waals surface area contributed by atoms with Gasteiger partial charge < -0.3 is 5.32 Å². The lowest BCUT2D eigenvalue weighted by Gasteiger charge is -2.27. The molecule has 3 nitrogen and oxygen atoms in total. The average molecular weight is 275 g/mol. The average Bonchev–Trinajstić information content (AvgIpc) is 2.38. The molecule has 1 aliphatic carbocycles. The van der Waals surface area contributed by atoms with E-state index in [1.54, 1.807) is 0 Å². The van der Waals surface area contributed by atoms with E-state index in [0.717, 1.165) is 18.3 Å². The van der Waals surface area contributed by atoms with E-state index in [9.17, 15) is 0 Å². The van der Waals surface area contributed by atoms with Gasteiger partial charge in [-0.1, -0.05) is 26.7 Å². The van der Waals surface area contributed by atoms with E-state index >= 15 is 0 Å². The SMILES string of the molecule is CNCC(C)c1c(C)nc(C2CCCC(C)C2)nc1C. The van der Waals surface area contributed by atoms with Crippen molar-refractivity contribution >= 4 is 0 Å². The lowest BCUT2D eigenvalue weighted by Crippen LogP contribution is -2.20. The van der Waals surface area contributed by atoms with Crippen LogP contribution in [0.3, 0.4) is 0 Å². The Kier molecular flexibility index (Phi) is 5.14. The van der Waals surface area contributed by atoms with E-state index < -0.39 is 0 Å². The molecule has 1 aromatic rings. The molecule has 0 amide bonds. The normalized spacial score (nSPS) is 24.6. The molecule has 0 aliphatic heterocycles. The minimum atomic E-state index is 0.472. The summed E-state index contributed by atoms with van der Waals surface area (Å²) in [6, 6.07) is 0. The van der Waals surface area contributed by atoms with Gasteiger partial charge in [-0.3, -0.25) is 0 Å². The monoisotopic (exact) mass is 275 g/mol. The first-order valence-corrected chi connectivity index (χ1v) is 8.02. The van der Waals surface area contributed by atoms with Crippen LogP contribution in [0.2, 0.25) is 0 Å². The summed E-state index contributed by atoms with van der Waals surface area (Å²) in [5, 5.41) is 3.25. The minimum Gasteiger partial charge on any atom is -0.319 e. The maximum Gasteiger partial charge on any atom is 0.131 e. The molecule has 0 aromatic carbocycles. The van der Waals surface area contributed by atoms with Gasteiger partial charge in [-0.25, -0.2) is 9.97 Å². The van der Waals surface area contributed by atoms with E-state index in [-0.39, 0.29) is 0 Å². The Morgan fingerprint density at radius 1 is 1.20 bits per heavy atom. The number of nitrogens with one attached hydrogen (secondary N) is 1. The van der Waals surface area contributed by atoms with Crippen molar-refractivity contribution in [3.05, 3.63) is 22.8 Å². The zero-order valence-corrected chi connectivity index (χ0v) is 13.7. The quantitative estimate of drug-likeness (QED) is 0.910. The van der Waals surface area contributed by atoms with E-state index in [1.165, 1.54) is 42.6 Å². The summed E-state index contributed by atoms with van der Waals surface area (Å²) in [5.41, 5.74) is 3.67. The first-order valence-electron chi connectivity index (χ1n) is 8.02. The summed E-state index contributed by atoms with van der Waals surface area (Å²) < 4.78 is 0. The van der Waals surface area contributed by atoms with Crippen LogP contribution < -0.4 is 5.32 Å². The van der Waals surface area contributed by atoms with Crippen molar-refractivity contribution in [1.29, 1.82) is 0 Å². The Bertz CT molecular complexity index is 433. The van der Waals surface area contributed by atoms with Crippen LogP contribution in [0, 0.1) is 19.8 Å². The number of aryl methyl sites for hydroxylation is 2. The van der Waals surface area contributed by atoms with Crippen LogP contribution in [0.5, 0.6) is 0 Å². The molecule has 0 bridgehead atoms. The number of likely N-dealkylation sites (N-methyl/N-ethyl adjacent to an activating group) is 1. The first-order chi connectivity index (χ1) is 9.52. The number of hydrogen-bond acceptors (Lipinski definition) is 3. The van der Waals surface area contributed by atoms with Crippen molar-refractivity contribution < 1.29 is 0 Å². The minimum absolute atomic E-state index is 0.472. The lowest BCUT2D eigenvalue weighted by atomic mass is 9.82. The Hall–Kier alpha value is -0.960.